The average Bonchev–Trinajstić information content (AvgIpc) is 2.48. The zero-order chi connectivity index (χ0) is 16.1. The summed E-state index contributed by atoms with van der Waals surface area (Å²) < 4.78 is 6.69. The van der Waals surface area contributed by atoms with Crippen LogP contribution in [-0.2, 0) is 9.36 Å². The van der Waals surface area contributed by atoms with Gasteiger partial charge in [0.25, 0.3) is 0 Å². The van der Waals surface area contributed by atoms with Crippen LogP contribution < -0.4 is 0 Å². The van der Waals surface area contributed by atoms with Crippen molar-refractivity contribution in [2.75, 3.05) is 0 Å². The molecule has 116 valence electrons. The first-order valence-corrected chi connectivity index (χ1v) is 11.8. The molecule has 0 aliphatic carbocycles. The summed E-state index contributed by atoms with van der Waals surface area (Å²) in [6.07, 6.45) is 2.74. The fraction of sp³-hybridized carbons (Fsp3) is 0.263. The molecule has 0 saturated carbocycles. The molecule has 22 heavy (non-hydrogen) atoms. The van der Waals surface area contributed by atoms with Gasteiger partial charge in [-0.15, -0.1) is 6.58 Å². The molecule has 0 heterocycles. The second kappa shape index (κ2) is 7.31. The molecule has 0 saturated heterocycles. The Balaban J connectivity index is 2.47. The summed E-state index contributed by atoms with van der Waals surface area (Å²) in [5, 5.41) is 0. The summed E-state index contributed by atoms with van der Waals surface area (Å²) in [5.41, 5.74) is 1.20. The second-order valence-corrected chi connectivity index (χ2v) is 12.0. The van der Waals surface area contributed by atoms with Crippen molar-refractivity contribution in [2.45, 2.75) is 35.9 Å². The van der Waals surface area contributed by atoms with Gasteiger partial charge in [0, 0.05) is 11.3 Å². The molecule has 1 atom stereocenters. The monoisotopic (exact) mass is 328 g/mol. The third kappa shape index (κ3) is 4.60. The molecule has 0 aliphatic heterocycles. The minimum absolute atomic E-state index is 0.408. The molecule has 0 fully saturated rings. The first-order chi connectivity index (χ1) is 10.5. The number of thioether (sulfide) groups is 1. The van der Waals surface area contributed by atoms with Gasteiger partial charge in [0.15, 0.2) is 8.32 Å². The Kier molecular flexibility index (Phi) is 5.67. The maximum absolute atomic E-state index is 6.69. The topological polar surface area (TPSA) is 9.23 Å². The third-order valence-electron chi connectivity index (χ3n) is 3.12. The number of benzene rings is 2. The predicted octanol–water partition coefficient (Wildman–Crippen LogP) is 6.06. The van der Waals surface area contributed by atoms with Gasteiger partial charge in [0.2, 0.25) is 0 Å². The molecule has 0 aromatic heterocycles. The lowest BCUT2D eigenvalue weighted by atomic mass is 10.1. The summed E-state index contributed by atoms with van der Waals surface area (Å²) in [7, 11) is -1.74. The predicted molar refractivity (Wildman–Crippen MR) is 99.7 cm³/mol. The van der Waals surface area contributed by atoms with E-state index in [4.69, 9.17) is 4.43 Å². The van der Waals surface area contributed by atoms with E-state index in [1.54, 1.807) is 11.8 Å². The van der Waals surface area contributed by atoms with Crippen LogP contribution in [0.15, 0.2) is 78.2 Å². The molecular weight excluding hydrogens is 304 g/mol. The zero-order valence-electron chi connectivity index (χ0n) is 13.6. The van der Waals surface area contributed by atoms with Gasteiger partial charge >= 0.3 is 0 Å². The molecule has 1 unspecified atom stereocenters. The second-order valence-electron chi connectivity index (χ2n) is 6.24. The molecule has 2 aromatic carbocycles. The highest BCUT2D eigenvalue weighted by Crippen LogP contribution is 2.47. The van der Waals surface area contributed by atoms with Crippen LogP contribution >= 0.6 is 11.8 Å². The van der Waals surface area contributed by atoms with Gasteiger partial charge in [-0.2, -0.15) is 0 Å². The molecule has 0 spiro atoms. The van der Waals surface area contributed by atoms with Gasteiger partial charge in [0.1, 0.15) is 4.93 Å². The molecule has 0 bridgehead atoms. The van der Waals surface area contributed by atoms with Gasteiger partial charge in [-0.1, -0.05) is 66.4 Å². The Morgan fingerprint density at radius 3 is 2.05 bits per heavy atom. The van der Waals surface area contributed by atoms with Crippen LogP contribution in [0, 0.1) is 0 Å². The van der Waals surface area contributed by atoms with Crippen LogP contribution in [0.25, 0.3) is 0 Å². The minimum atomic E-state index is -1.74. The largest absolute Gasteiger partial charge is 0.399 e. The smallest absolute Gasteiger partial charge is 0.186 e. The molecule has 2 rings (SSSR count). The Bertz CT molecular complexity index is 592. The van der Waals surface area contributed by atoms with Gasteiger partial charge in [-0.3, -0.25) is 0 Å². The zero-order valence-corrected chi connectivity index (χ0v) is 15.4. The fourth-order valence-corrected chi connectivity index (χ4v) is 5.63. The lowest BCUT2D eigenvalue weighted by Crippen LogP contribution is -2.38. The SMILES string of the molecule is C=CCC(O[Si](C)(C)C)(Sc1ccccc1)c1ccccc1. The highest BCUT2D eigenvalue weighted by Gasteiger charge is 2.37. The van der Waals surface area contributed by atoms with E-state index in [2.05, 4.69) is 74.8 Å². The van der Waals surface area contributed by atoms with Crippen LogP contribution in [0.2, 0.25) is 19.6 Å². The molecule has 3 heteroatoms. The summed E-state index contributed by atoms with van der Waals surface area (Å²) in [6, 6.07) is 21.0. The van der Waals surface area contributed by atoms with Crippen molar-refractivity contribution in [1.82, 2.24) is 0 Å². The maximum Gasteiger partial charge on any atom is 0.186 e. The van der Waals surface area contributed by atoms with Gasteiger partial charge in [-0.05, 0) is 37.3 Å². The van der Waals surface area contributed by atoms with Crippen LogP contribution in [-0.4, -0.2) is 8.32 Å². The van der Waals surface area contributed by atoms with Crippen molar-refractivity contribution < 1.29 is 4.43 Å². The van der Waals surface area contributed by atoms with E-state index < -0.39 is 13.3 Å². The number of hydrogen-bond acceptors (Lipinski definition) is 2. The highest BCUT2D eigenvalue weighted by molar-refractivity contribution is 8.00. The van der Waals surface area contributed by atoms with Gasteiger partial charge < -0.3 is 4.43 Å². The summed E-state index contributed by atoms with van der Waals surface area (Å²) in [4.78, 5) is 0.806. The molecule has 2 aromatic rings. The third-order valence-corrected chi connectivity index (χ3v) is 5.56. The Hall–Kier alpha value is -1.29. The van der Waals surface area contributed by atoms with Crippen molar-refractivity contribution in [3.8, 4) is 0 Å². The molecule has 1 nitrogen and oxygen atoms in total. The molecular formula is C19H24OSSi. The van der Waals surface area contributed by atoms with Crippen LogP contribution in [0.4, 0.5) is 0 Å². The summed E-state index contributed by atoms with van der Waals surface area (Å²) in [6.45, 7) is 10.7. The van der Waals surface area contributed by atoms with Gasteiger partial charge in [0.05, 0.1) is 0 Å². The first-order valence-electron chi connectivity index (χ1n) is 7.56. The summed E-state index contributed by atoms with van der Waals surface area (Å²) in [5.74, 6) is 0. The minimum Gasteiger partial charge on any atom is -0.399 e. The van der Waals surface area contributed by atoms with Gasteiger partial charge in [-0.25, -0.2) is 0 Å². The molecule has 0 N–H and O–H groups in total. The Morgan fingerprint density at radius 2 is 1.55 bits per heavy atom. The quantitative estimate of drug-likeness (QED) is 0.264. The van der Waals surface area contributed by atoms with E-state index >= 15 is 0 Å². The average molecular weight is 329 g/mol. The van der Waals surface area contributed by atoms with E-state index in [0.717, 1.165) is 6.42 Å². The Morgan fingerprint density at radius 1 is 1.00 bits per heavy atom. The summed E-state index contributed by atoms with van der Waals surface area (Å²) >= 11 is 1.78. The van der Waals surface area contributed by atoms with Crippen LogP contribution in [0.5, 0.6) is 0 Å². The molecule has 0 amide bonds. The van der Waals surface area contributed by atoms with Crippen molar-refractivity contribution >= 4 is 20.1 Å². The van der Waals surface area contributed by atoms with Crippen LogP contribution in [0.3, 0.4) is 0 Å². The lowest BCUT2D eigenvalue weighted by molar-refractivity contribution is 0.162. The van der Waals surface area contributed by atoms with E-state index in [1.807, 2.05) is 18.2 Å². The van der Waals surface area contributed by atoms with Crippen molar-refractivity contribution in [1.29, 1.82) is 0 Å². The lowest BCUT2D eigenvalue weighted by Gasteiger charge is -2.38. The maximum atomic E-state index is 6.69. The first kappa shape index (κ1) is 17.1. The number of hydrogen-bond donors (Lipinski definition) is 0. The van der Waals surface area contributed by atoms with Crippen LogP contribution in [0.1, 0.15) is 12.0 Å². The normalized spacial score (nSPS) is 14.3. The van der Waals surface area contributed by atoms with Crippen molar-refractivity contribution in [3.63, 3.8) is 0 Å². The Labute approximate surface area is 139 Å². The standard InChI is InChI=1S/C19H24OSSi/c1-5-16-19(20-22(2,3)4,17-12-8-6-9-13-17)21-18-14-10-7-11-15-18/h5-15H,1,16H2,2-4H3. The van der Waals surface area contributed by atoms with E-state index in [9.17, 15) is 0 Å². The fourth-order valence-electron chi connectivity index (χ4n) is 2.40. The molecule has 0 aliphatic rings. The highest BCUT2D eigenvalue weighted by atomic mass is 32.2. The van der Waals surface area contributed by atoms with Crippen molar-refractivity contribution in [3.05, 3.63) is 78.9 Å². The van der Waals surface area contributed by atoms with E-state index in [1.165, 1.54) is 10.5 Å². The number of rotatable bonds is 7. The van der Waals surface area contributed by atoms with Crippen molar-refractivity contribution in [2.24, 2.45) is 0 Å². The molecule has 0 radical (unpaired) electrons. The van der Waals surface area contributed by atoms with E-state index in [0.29, 0.717) is 0 Å². The van der Waals surface area contributed by atoms with E-state index in [-0.39, 0.29) is 0 Å².